The monoisotopic (exact) mass is 334 g/mol. The Labute approximate surface area is 136 Å². The van der Waals surface area contributed by atoms with Crippen molar-refractivity contribution in [3.63, 3.8) is 0 Å². The van der Waals surface area contributed by atoms with Crippen LogP contribution in [0.15, 0.2) is 30.6 Å². The van der Waals surface area contributed by atoms with Crippen molar-refractivity contribution in [1.82, 2.24) is 9.80 Å². The van der Waals surface area contributed by atoms with Gasteiger partial charge in [0.1, 0.15) is 5.75 Å². The number of fused-ring (bicyclic) bond motifs is 1. The van der Waals surface area contributed by atoms with Gasteiger partial charge < -0.3 is 9.84 Å². The van der Waals surface area contributed by atoms with Gasteiger partial charge >= 0.3 is 6.09 Å². The number of ether oxygens (including phenoxy) is 1. The molecule has 3 amide bonds. The molecule has 7 nitrogen and oxygen atoms in total. The van der Waals surface area contributed by atoms with E-state index < -0.39 is 6.09 Å². The van der Waals surface area contributed by atoms with Crippen LogP contribution in [0, 0.1) is 0 Å². The van der Waals surface area contributed by atoms with E-state index in [0.29, 0.717) is 5.56 Å². The summed E-state index contributed by atoms with van der Waals surface area (Å²) >= 11 is 0. The molecule has 1 aliphatic carbocycles. The van der Waals surface area contributed by atoms with Gasteiger partial charge in [0.2, 0.25) is 0 Å². The molecular weight excluding hydrogens is 319 g/mol. The summed E-state index contributed by atoms with van der Waals surface area (Å²) in [5.74, 6) is -0.384. The van der Waals surface area contributed by atoms with Gasteiger partial charge in [0.05, 0.1) is 17.5 Å². The van der Waals surface area contributed by atoms with Crippen molar-refractivity contribution in [3.05, 3.63) is 41.7 Å². The first-order valence-corrected chi connectivity index (χ1v) is 7.40. The number of amides is 3. The van der Waals surface area contributed by atoms with Gasteiger partial charge in [0.15, 0.2) is 6.73 Å². The second-order valence-corrected chi connectivity index (χ2v) is 5.56. The number of hydrogen-bond acceptors (Lipinski definition) is 4. The summed E-state index contributed by atoms with van der Waals surface area (Å²) in [4.78, 5) is 37.7. The lowest BCUT2D eigenvalue weighted by Gasteiger charge is -2.17. The molecule has 0 saturated heterocycles. The number of hydrogen-bond donors (Lipinski definition) is 1. The molecule has 1 aromatic carbocycles. The van der Waals surface area contributed by atoms with E-state index in [1.165, 1.54) is 23.1 Å². The Hall–Kier alpha value is -2.90. The normalized spacial score (nSPS) is 16.6. The topological polar surface area (TPSA) is 87.2 Å². The first-order chi connectivity index (χ1) is 11.5. The number of benzene rings is 1. The summed E-state index contributed by atoms with van der Waals surface area (Å²) in [6, 6.07) is 4.42. The molecule has 0 bridgehead atoms. The highest BCUT2D eigenvalue weighted by atomic mass is 19.1. The molecule has 1 aliphatic heterocycles. The first kappa shape index (κ1) is 16.0. The molecule has 0 unspecified atom stereocenters. The lowest BCUT2D eigenvalue weighted by atomic mass is 10.1. The number of carbonyl (C=O) groups excluding carboxylic acids is 2. The predicted octanol–water partition coefficient (Wildman–Crippen LogP) is 2.24. The lowest BCUT2D eigenvalue weighted by Crippen LogP contribution is -2.33. The average molecular weight is 334 g/mol. The van der Waals surface area contributed by atoms with Gasteiger partial charge in [-0.15, -0.1) is 0 Å². The quantitative estimate of drug-likeness (QED) is 0.637. The molecule has 0 atom stereocenters. The Balaban J connectivity index is 1.72. The van der Waals surface area contributed by atoms with E-state index in [0.717, 1.165) is 23.8 Å². The molecule has 24 heavy (non-hydrogen) atoms. The van der Waals surface area contributed by atoms with Gasteiger partial charge in [0, 0.05) is 12.6 Å². The summed E-state index contributed by atoms with van der Waals surface area (Å²) in [5.41, 5.74) is 0.588. The van der Waals surface area contributed by atoms with Gasteiger partial charge in [-0.3, -0.25) is 19.4 Å². The largest absolute Gasteiger partial charge is 0.473 e. The van der Waals surface area contributed by atoms with Crippen LogP contribution in [0.4, 0.5) is 9.18 Å². The van der Waals surface area contributed by atoms with Crippen molar-refractivity contribution in [2.24, 2.45) is 0 Å². The van der Waals surface area contributed by atoms with Crippen LogP contribution in [0.25, 0.3) is 0 Å². The maximum absolute atomic E-state index is 12.3. The fourth-order valence-electron chi connectivity index (χ4n) is 2.50. The lowest BCUT2D eigenvalue weighted by molar-refractivity contribution is 0.0642. The molecule has 8 heteroatoms. The minimum atomic E-state index is -1.26. The van der Waals surface area contributed by atoms with Crippen LogP contribution in [-0.2, 0) is 0 Å². The second-order valence-electron chi connectivity index (χ2n) is 5.56. The van der Waals surface area contributed by atoms with E-state index in [1.54, 1.807) is 0 Å². The van der Waals surface area contributed by atoms with Gasteiger partial charge in [-0.2, -0.15) is 0 Å². The second kappa shape index (κ2) is 6.31. The summed E-state index contributed by atoms with van der Waals surface area (Å²) in [6.07, 6.45) is 1.67. The third-order valence-electron chi connectivity index (χ3n) is 3.87. The van der Waals surface area contributed by atoms with E-state index in [2.05, 4.69) is 0 Å². The number of carboxylic acid groups (broad SMARTS) is 1. The highest BCUT2D eigenvalue weighted by Crippen LogP contribution is 2.35. The number of nitrogens with zero attached hydrogens (tertiary/aromatic N) is 2. The van der Waals surface area contributed by atoms with Gasteiger partial charge in [-0.05, 0) is 37.1 Å². The standard InChI is InChI=1S/C16H15FN2O5/c17-6-1-7-18(16(22)23)9-24-11-4-5-12-13(8-11)15(21)19(14(12)20)10-2-3-10/h1,4-6,8,10H,2-3,7,9H2,(H,22,23). The third kappa shape index (κ3) is 2.94. The van der Waals surface area contributed by atoms with Gasteiger partial charge in [-0.1, -0.05) is 0 Å². The van der Waals surface area contributed by atoms with Gasteiger partial charge in [-0.25, -0.2) is 9.18 Å². The fourth-order valence-corrected chi connectivity index (χ4v) is 2.50. The molecule has 1 saturated carbocycles. The van der Waals surface area contributed by atoms with Crippen LogP contribution in [0.2, 0.25) is 0 Å². The van der Waals surface area contributed by atoms with Crippen molar-refractivity contribution in [2.75, 3.05) is 13.3 Å². The average Bonchev–Trinajstić information content (AvgIpc) is 3.35. The Morgan fingerprint density at radius 3 is 2.67 bits per heavy atom. The van der Waals surface area contributed by atoms with Crippen molar-refractivity contribution < 1.29 is 28.6 Å². The van der Waals surface area contributed by atoms with E-state index in [4.69, 9.17) is 9.84 Å². The molecule has 1 heterocycles. The van der Waals surface area contributed by atoms with E-state index in [1.807, 2.05) is 0 Å². The van der Waals surface area contributed by atoms with Crippen molar-refractivity contribution in [1.29, 1.82) is 0 Å². The van der Waals surface area contributed by atoms with Crippen LogP contribution < -0.4 is 4.74 Å². The first-order valence-electron chi connectivity index (χ1n) is 7.40. The van der Waals surface area contributed by atoms with Crippen LogP contribution >= 0.6 is 0 Å². The highest BCUT2D eigenvalue weighted by Gasteiger charge is 2.44. The SMILES string of the molecule is O=C(O)N(CC=CF)COc1ccc2c(c1)C(=O)N(C1CC1)C2=O. The Morgan fingerprint density at radius 2 is 2.04 bits per heavy atom. The molecule has 1 aromatic rings. The molecule has 1 N–H and O–H groups in total. The summed E-state index contributed by atoms with van der Waals surface area (Å²) in [5, 5.41) is 9.00. The van der Waals surface area contributed by atoms with Crippen molar-refractivity contribution in [3.8, 4) is 5.75 Å². The molecule has 2 aliphatic rings. The van der Waals surface area contributed by atoms with Crippen molar-refractivity contribution >= 4 is 17.9 Å². The zero-order chi connectivity index (χ0) is 17.3. The minimum absolute atomic E-state index is 0.0169. The van der Waals surface area contributed by atoms with E-state index in [-0.39, 0.29) is 48.8 Å². The van der Waals surface area contributed by atoms with Gasteiger partial charge in [0.25, 0.3) is 11.8 Å². The maximum atomic E-state index is 12.3. The van der Waals surface area contributed by atoms with Crippen LogP contribution in [-0.4, -0.2) is 52.1 Å². The molecule has 126 valence electrons. The highest BCUT2D eigenvalue weighted by molar-refractivity contribution is 6.21. The number of carbonyl (C=O) groups is 3. The van der Waals surface area contributed by atoms with E-state index in [9.17, 15) is 18.8 Å². The number of imide groups is 1. The fraction of sp³-hybridized carbons (Fsp3) is 0.312. The Bertz CT molecular complexity index is 729. The molecule has 0 radical (unpaired) electrons. The maximum Gasteiger partial charge on any atom is 0.410 e. The van der Waals surface area contributed by atoms with Crippen LogP contribution in [0.1, 0.15) is 33.6 Å². The minimum Gasteiger partial charge on any atom is -0.473 e. The van der Waals surface area contributed by atoms with Crippen LogP contribution in [0.5, 0.6) is 5.75 Å². The zero-order valence-corrected chi connectivity index (χ0v) is 12.6. The van der Waals surface area contributed by atoms with E-state index >= 15 is 0 Å². The molecule has 0 spiro atoms. The number of halogens is 1. The molecule has 3 rings (SSSR count). The third-order valence-corrected chi connectivity index (χ3v) is 3.87. The Morgan fingerprint density at radius 1 is 1.33 bits per heavy atom. The predicted molar refractivity (Wildman–Crippen MR) is 80.4 cm³/mol. The van der Waals surface area contributed by atoms with Crippen molar-refractivity contribution in [2.45, 2.75) is 18.9 Å². The molecule has 1 fully saturated rings. The summed E-state index contributed by atoms with van der Waals surface area (Å²) < 4.78 is 17.4. The summed E-state index contributed by atoms with van der Waals surface area (Å²) in [6.45, 7) is -0.489. The smallest absolute Gasteiger partial charge is 0.410 e. The molecular formula is C16H15FN2O5. The summed E-state index contributed by atoms with van der Waals surface area (Å²) in [7, 11) is 0. The number of rotatable bonds is 6. The van der Waals surface area contributed by atoms with Crippen LogP contribution in [0.3, 0.4) is 0 Å². The zero-order valence-electron chi connectivity index (χ0n) is 12.6. The Kier molecular flexibility index (Phi) is 4.20. The molecule has 0 aromatic heterocycles.